The van der Waals surface area contributed by atoms with Crippen molar-refractivity contribution in [1.82, 2.24) is 14.8 Å². The van der Waals surface area contributed by atoms with Crippen LogP contribution in [0.5, 0.6) is 5.75 Å². The fourth-order valence-corrected chi connectivity index (χ4v) is 2.89. The summed E-state index contributed by atoms with van der Waals surface area (Å²) in [4.78, 5) is 17.0. The molecule has 0 unspecified atom stereocenters. The van der Waals surface area contributed by atoms with Crippen molar-refractivity contribution in [3.05, 3.63) is 71.9 Å². The summed E-state index contributed by atoms with van der Waals surface area (Å²) in [6.45, 7) is 2.14. The third-order valence-corrected chi connectivity index (χ3v) is 4.21. The predicted molar refractivity (Wildman–Crippen MR) is 101 cm³/mol. The van der Waals surface area contributed by atoms with Crippen LogP contribution in [0.15, 0.2) is 59.3 Å². The molecule has 7 nitrogen and oxygen atoms in total. The van der Waals surface area contributed by atoms with Crippen molar-refractivity contribution in [1.29, 1.82) is 0 Å². The Bertz CT molecular complexity index is 1100. The van der Waals surface area contributed by atoms with Crippen LogP contribution in [0.2, 0.25) is 0 Å². The molecule has 0 aliphatic heterocycles. The second kappa shape index (κ2) is 6.95. The van der Waals surface area contributed by atoms with E-state index in [2.05, 4.69) is 15.4 Å². The lowest BCUT2D eigenvalue weighted by atomic mass is 10.2. The van der Waals surface area contributed by atoms with Crippen LogP contribution in [0, 0.1) is 6.92 Å². The van der Waals surface area contributed by atoms with Crippen molar-refractivity contribution in [2.45, 2.75) is 13.5 Å². The SMILES string of the molecule is Cc1nn(C)c2ncc(NC(=O)c3occc3COc3ccccc3)cc12. The molecule has 7 heteroatoms. The van der Waals surface area contributed by atoms with E-state index < -0.39 is 0 Å². The lowest BCUT2D eigenvalue weighted by Crippen LogP contribution is -2.14. The number of furan rings is 1. The van der Waals surface area contributed by atoms with Crippen molar-refractivity contribution in [3.63, 3.8) is 0 Å². The van der Waals surface area contributed by atoms with Gasteiger partial charge in [0.2, 0.25) is 0 Å². The predicted octanol–water partition coefficient (Wildman–Crippen LogP) is 3.70. The van der Waals surface area contributed by atoms with E-state index in [0.29, 0.717) is 11.3 Å². The Morgan fingerprint density at radius 1 is 1.26 bits per heavy atom. The van der Waals surface area contributed by atoms with Crippen LogP contribution >= 0.6 is 0 Å². The highest BCUT2D eigenvalue weighted by Crippen LogP contribution is 2.21. The standard InChI is InChI=1S/C20H18N4O3/c1-13-17-10-15(11-21-19(17)24(2)23-13)22-20(25)18-14(8-9-26-18)12-27-16-6-4-3-5-7-16/h3-11H,12H2,1-2H3,(H,22,25). The second-order valence-electron chi connectivity index (χ2n) is 6.13. The van der Waals surface area contributed by atoms with E-state index in [1.807, 2.05) is 50.4 Å². The molecule has 136 valence electrons. The summed E-state index contributed by atoms with van der Waals surface area (Å²) in [5.74, 6) is 0.593. The molecule has 3 aromatic heterocycles. The monoisotopic (exact) mass is 362 g/mol. The number of rotatable bonds is 5. The zero-order valence-electron chi connectivity index (χ0n) is 15.0. The van der Waals surface area contributed by atoms with Gasteiger partial charge in [-0.2, -0.15) is 5.10 Å². The quantitative estimate of drug-likeness (QED) is 0.585. The normalized spacial score (nSPS) is 10.9. The number of aryl methyl sites for hydroxylation is 2. The minimum absolute atomic E-state index is 0.217. The van der Waals surface area contributed by atoms with Gasteiger partial charge in [-0.15, -0.1) is 0 Å². The van der Waals surface area contributed by atoms with Crippen molar-refractivity contribution in [2.24, 2.45) is 7.05 Å². The molecule has 3 heterocycles. The zero-order valence-corrected chi connectivity index (χ0v) is 15.0. The van der Waals surface area contributed by atoms with Gasteiger partial charge in [0.15, 0.2) is 11.4 Å². The minimum Gasteiger partial charge on any atom is -0.489 e. The minimum atomic E-state index is -0.352. The number of benzene rings is 1. The van der Waals surface area contributed by atoms with Gasteiger partial charge < -0.3 is 14.5 Å². The van der Waals surface area contributed by atoms with Gasteiger partial charge in [-0.1, -0.05) is 18.2 Å². The highest BCUT2D eigenvalue weighted by Gasteiger charge is 2.17. The number of carbonyl (C=O) groups is 1. The Labute approximate surface area is 155 Å². The fourth-order valence-electron chi connectivity index (χ4n) is 2.89. The van der Waals surface area contributed by atoms with Gasteiger partial charge in [-0.25, -0.2) is 4.98 Å². The molecule has 0 spiro atoms. The van der Waals surface area contributed by atoms with Gasteiger partial charge in [0.05, 0.1) is 23.8 Å². The third kappa shape index (κ3) is 3.39. The molecular weight excluding hydrogens is 344 g/mol. The number of anilines is 1. The number of fused-ring (bicyclic) bond motifs is 1. The van der Waals surface area contributed by atoms with Crippen molar-refractivity contribution in [3.8, 4) is 5.75 Å². The first-order valence-electron chi connectivity index (χ1n) is 8.47. The fraction of sp³-hybridized carbons (Fsp3) is 0.150. The molecule has 0 fully saturated rings. The molecular formula is C20H18N4O3. The third-order valence-electron chi connectivity index (χ3n) is 4.21. The summed E-state index contributed by atoms with van der Waals surface area (Å²) in [5.41, 5.74) is 2.87. The number of ether oxygens (including phenoxy) is 1. The van der Waals surface area contributed by atoms with Gasteiger partial charge in [-0.3, -0.25) is 9.48 Å². The van der Waals surface area contributed by atoms with E-state index in [1.54, 1.807) is 16.9 Å². The summed E-state index contributed by atoms with van der Waals surface area (Å²) in [6.07, 6.45) is 3.08. The average Bonchev–Trinajstić information content (AvgIpc) is 3.26. The summed E-state index contributed by atoms with van der Waals surface area (Å²) in [5, 5.41) is 8.05. The molecule has 1 amide bonds. The van der Waals surface area contributed by atoms with Gasteiger partial charge >= 0.3 is 0 Å². The number of nitrogens with one attached hydrogen (secondary N) is 1. The number of hydrogen-bond donors (Lipinski definition) is 1. The molecule has 0 bridgehead atoms. The lowest BCUT2D eigenvalue weighted by molar-refractivity contribution is 0.0993. The van der Waals surface area contributed by atoms with Crippen LogP contribution in [-0.2, 0) is 13.7 Å². The maximum absolute atomic E-state index is 12.6. The molecule has 0 aliphatic carbocycles. The Morgan fingerprint density at radius 3 is 2.89 bits per heavy atom. The molecule has 0 saturated carbocycles. The maximum Gasteiger partial charge on any atom is 0.291 e. The summed E-state index contributed by atoms with van der Waals surface area (Å²) >= 11 is 0. The van der Waals surface area contributed by atoms with Crippen molar-refractivity contribution in [2.75, 3.05) is 5.32 Å². The van der Waals surface area contributed by atoms with Gasteiger partial charge in [0.1, 0.15) is 12.4 Å². The highest BCUT2D eigenvalue weighted by molar-refractivity contribution is 6.03. The molecule has 0 radical (unpaired) electrons. The van der Waals surface area contributed by atoms with Crippen LogP contribution in [0.3, 0.4) is 0 Å². The molecule has 1 N–H and O–H groups in total. The van der Waals surface area contributed by atoms with E-state index in [9.17, 15) is 4.79 Å². The van der Waals surface area contributed by atoms with E-state index in [0.717, 1.165) is 22.5 Å². The number of pyridine rings is 1. The largest absolute Gasteiger partial charge is 0.489 e. The Morgan fingerprint density at radius 2 is 2.07 bits per heavy atom. The molecule has 0 atom stereocenters. The van der Waals surface area contributed by atoms with E-state index in [-0.39, 0.29) is 18.3 Å². The molecule has 1 aromatic carbocycles. The number of para-hydroxylation sites is 1. The molecule has 0 saturated heterocycles. The van der Waals surface area contributed by atoms with Crippen LogP contribution in [0.25, 0.3) is 11.0 Å². The second-order valence-corrected chi connectivity index (χ2v) is 6.13. The molecule has 4 aromatic rings. The van der Waals surface area contributed by atoms with Crippen LogP contribution in [0.4, 0.5) is 5.69 Å². The smallest absolute Gasteiger partial charge is 0.291 e. The van der Waals surface area contributed by atoms with Crippen LogP contribution < -0.4 is 10.1 Å². The van der Waals surface area contributed by atoms with Gasteiger partial charge in [0.25, 0.3) is 5.91 Å². The van der Waals surface area contributed by atoms with Crippen molar-refractivity contribution >= 4 is 22.6 Å². The average molecular weight is 362 g/mol. The van der Waals surface area contributed by atoms with Crippen molar-refractivity contribution < 1.29 is 13.9 Å². The zero-order chi connectivity index (χ0) is 18.8. The highest BCUT2D eigenvalue weighted by atomic mass is 16.5. The first-order chi connectivity index (χ1) is 13.1. The van der Waals surface area contributed by atoms with E-state index >= 15 is 0 Å². The molecule has 0 aliphatic rings. The molecule has 4 rings (SSSR count). The van der Waals surface area contributed by atoms with Gasteiger partial charge in [0, 0.05) is 18.0 Å². The lowest BCUT2D eigenvalue weighted by Gasteiger charge is -2.07. The van der Waals surface area contributed by atoms with Gasteiger partial charge in [-0.05, 0) is 31.2 Å². The number of hydrogen-bond acceptors (Lipinski definition) is 5. The Balaban J connectivity index is 1.50. The Hall–Kier alpha value is -3.61. The van der Waals surface area contributed by atoms with E-state index in [4.69, 9.17) is 9.15 Å². The summed E-state index contributed by atoms with van der Waals surface area (Å²) in [7, 11) is 1.84. The first-order valence-corrected chi connectivity index (χ1v) is 8.47. The number of nitrogens with zero attached hydrogens (tertiary/aromatic N) is 3. The van der Waals surface area contributed by atoms with Crippen LogP contribution in [-0.4, -0.2) is 20.7 Å². The van der Waals surface area contributed by atoms with E-state index in [1.165, 1.54) is 6.26 Å². The summed E-state index contributed by atoms with van der Waals surface area (Å²) in [6, 6.07) is 13.0. The summed E-state index contributed by atoms with van der Waals surface area (Å²) < 4.78 is 12.8. The topological polar surface area (TPSA) is 82.2 Å². The maximum atomic E-state index is 12.6. The molecule has 27 heavy (non-hydrogen) atoms. The Kier molecular flexibility index (Phi) is 4.33. The first kappa shape index (κ1) is 16.8. The number of amides is 1. The number of aromatic nitrogens is 3. The number of carbonyl (C=O) groups excluding carboxylic acids is 1. The van der Waals surface area contributed by atoms with Crippen LogP contribution in [0.1, 0.15) is 21.8 Å².